The summed E-state index contributed by atoms with van der Waals surface area (Å²) in [5.74, 6) is -1.40. The van der Waals surface area contributed by atoms with E-state index in [1.54, 1.807) is 0 Å². The molecule has 2 nitrogen and oxygen atoms in total. The highest BCUT2D eigenvalue weighted by atomic mass is 19.2. The largest absolute Gasteiger partial charge is 0.459 e. The fourth-order valence-electron chi connectivity index (χ4n) is 0.447. The van der Waals surface area contributed by atoms with Crippen LogP contribution in [0.2, 0.25) is 0 Å². The Morgan fingerprint density at radius 1 is 1.58 bits per heavy atom. The molecule has 2 unspecified atom stereocenters. The average molecular weight is 182 g/mol. The molecule has 2 atom stereocenters. The quantitative estimate of drug-likeness (QED) is 0.474. The highest BCUT2D eigenvalue weighted by molar-refractivity contribution is 5.75. The number of hydrogen-bond donors (Lipinski definition) is 0. The second-order valence-electron chi connectivity index (χ2n) is 1.99. The first kappa shape index (κ1) is 11.0. The molecular formula is C7H9F3O2. The minimum Gasteiger partial charge on any atom is -0.459 e. The van der Waals surface area contributed by atoms with Gasteiger partial charge in [0.1, 0.15) is 13.3 Å². The van der Waals surface area contributed by atoms with Crippen molar-refractivity contribution in [2.75, 3.05) is 13.3 Å². The van der Waals surface area contributed by atoms with Gasteiger partial charge >= 0.3 is 5.97 Å². The number of esters is 1. The number of carbonyl (C=O) groups is 1. The van der Waals surface area contributed by atoms with Crippen molar-refractivity contribution in [2.45, 2.75) is 12.3 Å². The topological polar surface area (TPSA) is 26.3 Å². The Labute approximate surface area is 68.0 Å². The predicted molar refractivity (Wildman–Crippen MR) is 36.9 cm³/mol. The lowest BCUT2D eigenvalue weighted by atomic mass is 10.3. The number of halogens is 3. The van der Waals surface area contributed by atoms with Crippen LogP contribution in [0.15, 0.2) is 12.7 Å². The van der Waals surface area contributed by atoms with Gasteiger partial charge in [-0.1, -0.05) is 12.7 Å². The maximum absolute atomic E-state index is 12.4. The first-order valence-electron chi connectivity index (χ1n) is 3.25. The normalized spacial score (nSPS) is 14.9. The molecule has 70 valence electrons. The van der Waals surface area contributed by atoms with Crippen molar-refractivity contribution in [3.05, 3.63) is 12.7 Å². The molecule has 0 radical (unpaired) electrons. The minimum atomic E-state index is -2.55. The molecule has 0 aliphatic carbocycles. The summed E-state index contributed by atoms with van der Waals surface area (Å²) in [4.78, 5) is 10.5. The van der Waals surface area contributed by atoms with Gasteiger partial charge in [0.25, 0.3) is 0 Å². The first-order valence-corrected chi connectivity index (χ1v) is 3.25. The zero-order chi connectivity index (χ0) is 9.56. The smallest absolute Gasteiger partial charge is 0.344 e. The molecule has 0 saturated heterocycles. The molecule has 0 fully saturated rings. The summed E-state index contributed by atoms with van der Waals surface area (Å²) in [7, 11) is 0. The van der Waals surface area contributed by atoms with Gasteiger partial charge in [-0.15, -0.1) is 0 Å². The molecule has 0 aliphatic heterocycles. The van der Waals surface area contributed by atoms with Crippen LogP contribution in [-0.4, -0.2) is 31.6 Å². The van der Waals surface area contributed by atoms with Crippen LogP contribution in [0.3, 0.4) is 0 Å². The van der Waals surface area contributed by atoms with Crippen molar-refractivity contribution < 1.29 is 22.7 Å². The van der Waals surface area contributed by atoms with E-state index in [0.29, 0.717) is 0 Å². The third-order valence-electron chi connectivity index (χ3n) is 1.03. The van der Waals surface area contributed by atoms with Crippen molar-refractivity contribution in [2.24, 2.45) is 0 Å². The molecule has 0 aromatic carbocycles. The molecule has 0 aromatic heterocycles. The Morgan fingerprint density at radius 3 is 2.58 bits per heavy atom. The Hall–Kier alpha value is -1.00. The van der Waals surface area contributed by atoms with E-state index in [1.807, 2.05) is 0 Å². The molecule has 0 spiro atoms. The van der Waals surface area contributed by atoms with E-state index in [1.165, 1.54) is 6.08 Å². The third-order valence-corrected chi connectivity index (χ3v) is 1.03. The minimum absolute atomic E-state index is 0.210. The fraction of sp³-hybridized carbons (Fsp3) is 0.571. The van der Waals surface area contributed by atoms with Gasteiger partial charge in [-0.05, 0) is 0 Å². The molecule has 0 saturated carbocycles. The summed E-state index contributed by atoms with van der Waals surface area (Å²) < 4.78 is 40.1. The summed E-state index contributed by atoms with van der Waals surface area (Å²) in [5, 5.41) is 0. The van der Waals surface area contributed by atoms with Crippen LogP contribution in [0, 0.1) is 0 Å². The van der Waals surface area contributed by atoms with E-state index in [0.717, 1.165) is 0 Å². The van der Waals surface area contributed by atoms with Gasteiger partial charge in [0.15, 0.2) is 6.17 Å². The van der Waals surface area contributed by atoms with Crippen molar-refractivity contribution in [1.82, 2.24) is 0 Å². The number of ether oxygens (including phenoxy) is 1. The standard InChI is InChI=1S/C7H9F3O2/c1-2-3-12-7(11)6(10)5(9)4-8/h2,5-6H,1,3-4H2. The van der Waals surface area contributed by atoms with E-state index < -0.39 is 25.0 Å². The van der Waals surface area contributed by atoms with E-state index in [9.17, 15) is 18.0 Å². The van der Waals surface area contributed by atoms with Gasteiger partial charge < -0.3 is 4.74 Å². The van der Waals surface area contributed by atoms with Crippen LogP contribution in [0.25, 0.3) is 0 Å². The zero-order valence-electron chi connectivity index (χ0n) is 6.30. The second kappa shape index (κ2) is 5.62. The Bertz CT molecular complexity index is 161. The van der Waals surface area contributed by atoms with Gasteiger partial charge in [0, 0.05) is 0 Å². The van der Waals surface area contributed by atoms with Gasteiger partial charge in [-0.2, -0.15) is 0 Å². The lowest BCUT2D eigenvalue weighted by Gasteiger charge is -2.08. The number of alkyl halides is 3. The van der Waals surface area contributed by atoms with E-state index in [4.69, 9.17) is 0 Å². The van der Waals surface area contributed by atoms with Crippen LogP contribution in [0.1, 0.15) is 0 Å². The highest BCUT2D eigenvalue weighted by Gasteiger charge is 2.29. The lowest BCUT2D eigenvalue weighted by molar-refractivity contribution is -0.151. The predicted octanol–water partition coefficient (Wildman–Crippen LogP) is 1.36. The molecule has 0 bridgehead atoms. The van der Waals surface area contributed by atoms with Gasteiger partial charge in [-0.25, -0.2) is 18.0 Å². The fourth-order valence-corrected chi connectivity index (χ4v) is 0.447. The molecule has 0 heterocycles. The Balaban J connectivity index is 3.83. The Kier molecular flexibility index (Phi) is 5.16. The van der Waals surface area contributed by atoms with Crippen LogP contribution < -0.4 is 0 Å². The molecule has 0 amide bonds. The highest BCUT2D eigenvalue weighted by Crippen LogP contribution is 2.06. The molecule has 0 N–H and O–H groups in total. The van der Waals surface area contributed by atoms with Crippen LogP contribution in [0.4, 0.5) is 13.2 Å². The van der Waals surface area contributed by atoms with Crippen molar-refractivity contribution in [1.29, 1.82) is 0 Å². The molecule has 12 heavy (non-hydrogen) atoms. The number of rotatable bonds is 5. The van der Waals surface area contributed by atoms with Crippen LogP contribution in [0.5, 0.6) is 0 Å². The summed E-state index contributed by atoms with van der Waals surface area (Å²) in [6.07, 6.45) is -3.79. The summed E-state index contributed by atoms with van der Waals surface area (Å²) in [6.45, 7) is 1.44. The average Bonchev–Trinajstić information content (AvgIpc) is 2.11. The molecule has 0 aliphatic rings. The maximum Gasteiger partial charge on any atom is 0.344 e. The zero-order valence-corrected chi connectivity index (χ0v) is 6.30. The third kappa shape index (κ3) is 3.41. The van der Waals surface area contributed by atoms with Gasteiger partial charge in [0.2, 0.25) is 6.17 Å². The molecular weight excluding hydrogens is 173 g/mol. The molecule has 0 aromatic rings. The molecule has 5 heteroatoms. The second-order valence-corrected chi connectivity index (χ2v) is 1.99. The van der Waals surface area contributed by atoms with Crippen molar-refractivity contribution in [3.63, 3.8) is 0 Å². The van der Waals surface area contributed by atoms with Crippen molar-refractivity contribution in [3.8, 4) is 0 Å². The summed E-state index contributed by atoms with van der Waals surface area (Å²) in [5.41, 5.74) is 0. The number of carbonyl (C=O) groups excluding carboxylic acids is 1. The SMILES string of the molecule is C=CCOC(=O)C(F)C(F)CF. The first-order chi connectivity index (χ1) is 5.63. The van der Waals surface area contributed by atoms with E-state index in [2.05, 4.69) is 11.3 Å². The van der Waals surface area contributed by atoms with Crippen molar-refractivity contribution >= 4 is 5.97 Å². The summed E-state index contributed by atoms with van der Waals surface area (Å²) >= 11 is 0. The van der Waals surface area contributed by atoms with Crippen LogP contribution in [-0.2, 0) is 9.53 Å². The summed E-state index contributed by atoms with van der Waals surface area (Å²) in [6, 6.07) is 0. The van der Waals surface area contributed by atoms with Crippen LogP contribution >= 0.6 is 0 Å². The van der Waals surface area contributed by atoms with Gasteiger partial charge in [-0.3, -0.25) is 0 Å². The van der Waals surface area contributed by atoms with E-state index in [-0.39, 0.29) is 6.61 Å². The number of hydrogen-bond acceptors (Lipinski definition) is 2. The maximum atomic E-state index is 12.4. The van der Waals surface area contributed by atoms with E-state index >= 15 is 0 Å². The van der Waals surface area contributed by atoms with Gasteiger partial charge in [0.05, 0.1) is 0 Å². The molecule has 0 rings (SSSR count). The lowest BCUT2D eigenvalue weighted by Crippen LogP contribution is -2.30. The monoisotopic (exact) mass is 182 g/mol. The Morgan fingerprint density at radius 2 is 2.17 bits per heavy atom.